The number of piperidine rings is 1. The predicted molar refractivity (Wildman–Crippen MR) is 88.3 cm³/mol. The second-order valence-electron chi connectivity index (χ2n) is 8.10. The summed E-state index contributed by atoms with van der Waals surface area (Å²) >= 11 is 0. The Labute approximate surface area is 129 Å². The van der Waals surface area contributed by atoms with Gasteiger partial charge in [0.2, 0.25) is 0 Å². The van der Waals surface area contributed by atoms with Crippen LogP contribution in [0.25, 0.3) is 0 Å². The molecule has 2 N–H and O–H groups in total. The molecule has 1 atom stereocenters. The third-order valence-electron chi connectivity index (χ3n) is 5.55. The lowest BCUT2D eigenvalue weighted by atomic mass is 9.74. The number of nitrogens with two attached hydrogens (primary N) is 1. The van der Waals surface area contributed by atoms with Crippen molar-refractivity contribution in [1.82, 2.24) is 9.47 Å². The van der Waals surface area contributed by atoms with E-state index in [-0.39, 0.29) is 6.04 Å². The van der Waals surface area contributed by atoms with Crippen molar-refractivity contribution < 1.29 is 0 Å². The van der Waals surface area contributed by atoms with Crippen LogP contribution < -0.4 is 5.73 Å². The number of fused-ring (bicyclic) bond motifs is 1. The van der Waals surface area contributed by atoms with Crippen molar-refractivity contribution >= 4 is 0 Å². The number of aromatic nitrogens is 1. The van der Waals surface area contributed by atoms with E-state index >= 15 is 0 Å². The zero-order valence-corrected chi connectivity index (χ0v) is 13.9. The van der Waals surface area contributed by atoms with Gasteiger partial charge >= 0.3 is 0 Å². The molecule has 1 aliphatic heterocycles. The van der Waals surface area contributed by atoms with E-state index in [0.717, 1.165) is 12.3 Å². The van der Waals surface area contributed by atoms with E-state index in [0.29, 0.717) is 5.41 Å². The maximum absolute atomic E-state index is 6.37. The topological polar surface area (TPSA) is 34.2 Å². The molecule has 1 unspecified atom stereocenters. The van der Waals surface area contributed by atoms with Crippen molar-refractivity contribution in [3.05, 3.63) is 23.5 Å². The minimum absolute atomic E-state index is 0.230. The highest BCUT2D eigenvalue weighted by atomic mass is 15.1. The van der Waals surface area contributed by atoms with Crippen LogP contribution in [0.2, 0.25) is 0 Å². The van der Waals surface area contributed by atoms with E-state index < -0.39 is 0 Å². The molecule has 1 aromatic rings. The fourth-order valence-electron chi connectivity index (χ4n) is 4.18. The zero-order chi connectivity index (χ0) is 15.0. The van der Waals surface area contributed by atoms with Crippen LogP contribution in [0.4, 0.5) is 0 Å². The van der Waals surface area contributed by atoms with Gasteiger partial charge < -0.3 is 15.2 Å². The number of nitrogens with zero attached hydrogens (tertiary/aromatic N) is 2. The standard InChI is InChI=1S/C18H31N3/c1-18(2)12-16(19)15-7-11-21(17(15)13-18)10-6-14-4-8-20(3)9-5-14/h7,11,14,16H,4-6,8-10,12-13,19H2,1-3H3. The van der Waals surface area contributed by atoms with Crippen molar-refractivity contribution in [2.75, 3.05) is 20.1 Å². The van der Waals surface area contributed by atoms with Crippen LogP contribution in [0.1, 0.15) is 56.8 Å². The Hall–Kier alpha value is -0.800. The Morgan fingerprint density at radius 3 is 2.71 bits per heavy atom. The molecule has 1 aliphatic carbocycles. The molecule has 3 nitrogen and oxygen atoms in total. The summed E-state index contributed by atoms with van der Waals surface area (Å²) < 4.78 is 2.49. The summed E-state index contributed by atoms with van der Waals surface area (Å²) in [6.45, 7) is 8.42. The monoisotopic (exact) mass is 289 g/mol. The van der Waals surface area contributed by atoms with E-state index in [1.165, 1.54) is 56.6 Å². The number of likely N-dealkylation sites (tertiary alicyclic amines) is 1. The Balaban J connectivity index is 1.65. The molecular formula is C18H31N3. The Kier molecular flexibility index (Phi) is 4.15. The van der Waals surface area contributed by atoms with Crippen LogP contribution in [0, 0.1) is 11.3 Å². The average molecular weight is 289 g/mol. The number of aryl methyl sites for hydroxylation is 1. The van der Waals surface area contributed by atoms with Crippen molar-refractivity contribution in [2.45, 2.75) is 58.5 Å². The van der Waals surface area contributed by atoms with Crippen LogP contribution in [-0.2, 0) is 13.0 Å². The lowest BCUT2D eigenvalue weighted by Gasteiger charge is -2.35. The molecule has 1 fully saturated rings. The van der Waals surface area contributed by atoms with E-state index in [1.54, 1.807) is 0 Å². The number of rotatable bonds is 3. The summed E-state index contributed by atoms with van der Waals surface area (Å²) in [5.74, 6) is 0.907. The van der Waals surface area contributed by atoms with Crippen LogP contribution in [0.15, 0.2) is 12.3 Å². The second kappa shape index (κ2) is 5.77. The quantitative estimate of drug-likeness (QED) is 0.927. The fraction of sp³-hybridized carbons (Fsp3) is 0.778. The number of hydrogen-bond donors (Lipinski definition) is 1. The highest BCUT2D eigenvalue weighted by Gasteiger charge is 2.32. The van der Waals surface area contributed by atoms with E-state index in [4.69, 9.17) is 5.73 Å². The highest BCUT2D eigenvalue weighted by molar-refractivity contribution is 5.30. The average Bonchev–Trinajstić information content (AvgIpc) is 2.80. The molecule has 0 bridgehead atoms. The molecule has 2 aliphatic rings. The molecule has 1 saturated heterocycles. The summed E-state index contributed by atoms with van der Waals surface area (Å²) in [6, 6.07) is 2.50. The van der Waals surface area contributed by atoms with E-state index in [2.05, 4.69) is 42.6 Å². The van der Waals surface area contributed by atoms with Gasteiger partial charge in [0.15, 0.2) is 0 Å². The molecule has 1 aromatic heterocycles. The summed E-state index contributed by atoms with van der Waals surface area (Å²) in [7, 11) is 2.24. The van der Waals surface area contributed by atoms with Gasteiger partial charge in [-0.1, -0.05) is 13.8 Å². The van der Waals surface area contributed by atoms with Gasteiger partial charge in [0.1, 0.15) is 0 Å². The van der Waals surface area contributed by atoms with Crippen molar-refractivity contribution in [3.63, 3.8) is 0 Å². The van der Waals surface area contributed by atoms with Gasteiger partial charge in [-0.15, -0.1) is 0 Å². The maximum atomic E-state index is 6.37. The van der Waals surface area contributed by atoms with Crippen LogP contribution in [0.3, 0.4) is 0 Å². The first-order chi connectivity index (χ1) is 9.94. The largest absolute Gasteiger partial charge is 0.351 e. The van der Waals surface area contributed by atoms with E-state index in [1.807, 2.05) is 0 Å². The van der Waals surface area contributed by atoms with Gasteiger partial charge in [0, 0.05) is 24.5 Å². The summed E-state index contributed by atoms with van der Waals surface area (Å²) in [6.07, 6.45) is 8.62. The number of hydrogen-bond acceptors (Lipinski definition) is 2. The Bertz CT molecular complexity index is 481. The first kappa shape index (κ1) is 15.1. The van der Waals surface area contributed by atoms with Gasteiger partial charge in [0.05, 0.1) is 0 Å². The molecule has 2 heterocycles. The summed E-state index contributed by atoms with van der Waals surface area (Å²) in [5.41, 5.74) is 9.62. The SMILES string of the molecule is CN1CCC(CCn2ccc3c2CC(C)(C)CC3N)CC1. The first-order valence-electron chi connectivity index (χ1n) is 8.57. The van der Waals surface area contributed by atoms with Crippen molar-refractivity contribution in [2.24, 2.45) is 17.1 Å². The van der Waals surface area contributed by atoms with Gasteiger partial charge in [-0.2, -0.15) is 0 Å². The summed E-state index contributed by atoms with van der Waals surface area (Å²) in [5, 5.41) is 0. The molecule has 3 rings (SSSR count). The molecule has 0 aromatic carbocycles. The van der Waals surface area contributed by atoms with Gasteiger partial charge in [-0.25, -0.2) is 0 Å². The predicted octanol–water partition coefficient (Wildman–Crippen LogP) is 3.19. The third-order valence-corrected chi connectivity index (χ3v) is 5.55. The minimum atomic E-state index is 0.230. The van der Waals surface area contributed by atoms with Crippen LogP contribution in [-0.4, -0.2) is 29.6 Å². The lowest BCUT2D eigenvalue weighted by molar-refractivity contribution is 0.206. The normalized spacial score (nSPS) is 26.8. The van der Waals surface area contributed by atoms with Crippen molar-refractivity contribution in [1.29, 1.82) is 0 Å². The summed E-state index contributed by atoms with van der Waals surface area (Å²) in [4.78, 5) is 2.45. The molecule has 118 valence electrons. The molecule has 3 heteroatoms. The van der Waals surface area contributed by atoms with Gasteiger partial charge in [0.25, 0.3) is 0 Å². The third kappa shape index (κ3) is 3.35. The van der Waals surface area contributed by atoms with Gasteiger partial charge in [-0.3, -0.25) is 0 Å². The second-order valence-corrected chi connectivity index (χ2v) is 8.10. The van der Waals surface area contributed by atoms with Crippen LogP contribution >= 0.6 is 0 Å². The van der Waals surface area contributed by atoms with E-state index in [9.17, 15) is 0 Å². The Morgan fingerprint density at radius 1 is 1.29 bits per heavy atom. The fourth-order valence-corrected chi connectivity index (χ4v) is 4.18. The molecule has 21 heavy (non-hydrogen) atoms. The van der Waals surface area contributed by atoms with Gasteiger partial charge in [-0.05, 0) is 75.2 Å². The lowest BCUT2D eigenvalue weighted by Crippen LogP contribution is -2.31. The van der Waals surface area contributed by atoms with Crippen LogP contribution in [0.5, 0.6) is 0 Å². The first-order valence-corrected chi connectivity index (χ1v) is 8.57. The molecule has 0 amide bonds. The smallest absolute Gasteiger partial charge is 0.0318 e. The minimum Gasteiger partial charge on any atom is -0.351 e. The maximum Gasteiger partial charge on any atom is 0.0318 e. The molecule has 0 saturated carbocycles. The molecular weight excluding hydrogens is 258 g/mol. The molecule has 0 spiro atoms. The Morgan fingerprint density at radius 2 is 2.00 bits per heavy atom. The van der Waals surface area contributed by atoms with Crippen molar-refractivity contribution in [3.8, 4) is 0 Å². The molecule has 0 radical (unpaired) electrons. The highest BCUT2D eigenvalue weighted by Crippen LogP contribution is 2.40. The zero-order valence-electron chi connectivity index (χ0n) is 13.9.